The lowest BCUT2D eigenvalue weighted by atomic mass is 10.1. The third-order valence-corrected chi connectivity index (χ3v) is 6.42. The second-order valence-electron chi connectivity index (χ2n) is 6.81. The van der Waals surface area contributed by atoms with E-state index in [4.69, 9.17) is 62.4 Å². The molecule has 160 valence electrons. The third kappa shape index (κ3) is 4.64. The maximum absolute atomic E-state index is 12.9. The molecule has 11 heteroatoms. The highest BCUT2D eigenvalue weighted by atomic mass is 35.5. The summed E-state index contributed by atoms with van der Waals surface area (Å²) >= 11 is 31.0. The van der Waals surface area contributed by atoms with Gasteiger partial charge >= 0.3 is 6.01 Å². The molecule has 2 amide bonds. The number of hydrogen-bond donors (Lipinski definition) is 2. The maximum atomic E-state index is 12.9. The van der Waals surface area contributed by atoms with Crippen molar-refractivity contribution in [2.45, 2.75) is 10.3 Å². The smallest absolute Gasteiger partial charge is 0.301 e. The Bertz CT molecular complexity index is 1150. The number of amides is 2. The van der Waals surface area contributed by atoms with Crippen molar-refractivity contribution in [3.8, 4) is 0 Å². The lowest BCUT2D eigenvalue weighted by molar-refractivity contribution is -0.117. The van der Waals surface area contributed by atoms with Gasteiger partial charge in [0.25, 0.3) is 5.91 Å². The van der Waals surface area contributed by atoms with Gasteiger partial charge in [0.2, 0.25) is 5.91 Å². The summed E-state index contributed by atoms with van der Waals surface area (Å²) in [6.45, 7) is 0. The van der Waals surface area contributed by atoms with Crippen LogP contribution in [0.3, 0.4) is 0 Å². The van der Waals surface area contributed by atoms with E-state index in [0.29, 0.717) is 21.3 Å². The molecule has 0 bridgehead atoms. The topological polar surface area (TPSA) is 84.2 Å². The van der Waals surface area contributed by atoms with Crippen LogP contribution in [-0.2, 0) is 4.79 Å². The number of rotatable bonds is 5. The highest BCUT2D eigenvalue weighted by Crippen LogP contribution is 2.65. The summed E-state index contributed by atoms with van der Waals surface area (Å²) in [5.74, 6) is -2.21. The molecular formula is C20H12Cl5N3O3. The zero-order chi connectivity index (χ0) is 22.3. The number of alkyl halides is 2. The number of oxazole rings is 1. The van der Waals surface area contributed by atoms with Crippen molar-refractivity contribution in [3.63, 3.8) is 0 Å². The van der Waals surface area contributed by atoms with Crippen LogP contribution in [0.4, 0.5) is 11.7 Å². The van der Waals surface area contributed by atoms with Crippen LogP contribution in [0.15, 0.2) is 53.3 Å². The summed E-state index contributed by atoms with van der Waals surface area (Å²) in [5, 5.41) is 6.20. The molecular weight excluding hydrogens is 508 g/mol. The molecule has 0 saturated heterocycles. The molecule has 2 atom stereocenters. The van der Waals surface area contributed by atoms with E-state index in [2.05, 4.69) is 15.6 Å². The second kappa shape index (κ2) is 8.52. The molecule has 0 spiro atoms. The molecule has 4 rings (SSSR count). The molecule has 31 heavy (non-hydrogen) atoms. The first kappa shape index (κ1) is 22.2. The fourth-order valence-corrected chi connectivity index (χ4v) is 4.84. The fourth-order valence-electron chi connectivity index (χ4n) is 3.27. The van der Waals surface area contributed by atoms with Crippen LogP contribution >= 0.6 is 58.0 Å². The van der Waals surface area contributed by atoms with E-state index in [1.54, 1.807) is 24.3 Å². The zero-order valence-corrected chi connectivity index (χ0v) is 19.1. The predicted octanol–water partition coefficient (Wildman–Crippen LogP) is 6.41. The van der Waals surface area contributed by atoms with Crippen LogP contribution in [0.25, 0.3) is 0 Å². The fraction of sp³-hybridized carbons (Fsp3) is 0.150. The molecule has 2 aromatic carbocycles. The second-order valence-corrected chi connectivity index (χ2v) is 9.53. The zero-order valence-electron chi connectivity index (χ0n) is 15.3. The van der Waals surface area contributed by atoms with Gasteiger partial charge in [-0.3, -0.25) is 14.9 Å². The maximum Gasteiger partial charge on any atom is 0.301 e. The molecule has 1 aromatic heterocycles. The molecule has 6 nitrogen and oxygen atoms in total. The molecule has 1 aliphatic rings. The molecule has 1 fully saturated rings. The van der Waals surface area contributed by atoms with E-state index in [1.807, 2.05) is 0 Å². The monoisotopic (exact) mass is 517 g/mol. The van der Waals surface area contributed by atoms with Gasteiger partial charge in [-0.05, 0) is 42.0 Å². The van der Waals surface area contributed by atoms with Gasteiger partial charge in [0.15, 0.2) is 0 Å². The van der Waals surface area contributed by atoms with E-state index in [9.17, 15) is 9.59 Å². The Kier molecular flexibility index (Phi) is 6.12. The van der Waals surface area contributed by atoms with E-state index < -0.39 is 28.0 Å². The van der Waals surface area contributed by atoms with Crippen LogP contribution in [-0.4, -0.2) is 21.1 Å². The number of nitrogens with one attached hydrogen (secondary N) is 2. The molecule has 1 aliphatic carbocycles. The van der Waals surface area contributed by atoms with Crippen molar-refractivity contribution in [3.05, 3.63) is 75.1 Å². The molecule has 0 radical (unpaired) electrons. The third-order valence-electron chi connectivity index (χ3n) is 4.71. The number of carbonyl (C=O) groups excluding carboxylic acids is 2. The average molecular weight is 520 g/mol. The number of aromatic nitrogens is 1. The minimum Gasteiger partial charge on any atom is -0.432 e. The van der Waals surface area contributed by atoms with Crippen molar-refractivity contribution < 1.29 is 14.0 Å². The van der Waals surface area contributed by atoms with Crippen molar-refractivity contribution in [2.75, 3.05) is 10.6 Å². The van der Waals surface area contributed by atoms with E-state index in [1.165, 1.54) is 24.6 Å². The highest BCUT2D eigenvalue weighted by molar-refractivity contribution is 6.53. The standard InChI is InChI=1S/C20H12Cl5N3O3/c21-10-5-9(6-11(22)7-10)15-16(20(15,24)25)18(30)27-12-1-2-14(23)13(8-12)17(29)28-19-26-3-4-31-19/h1-8,15-16H,(H,27,30)(H,26,28,29)/t15-,16+/m0/s1. The van der Waals surface area contributed by atoms with Gasteiger partial charge < -0.3 is 9.73 Å². The first-order valence-electron chi connectivity index (χ1n) is 8.82. The molecule has 2 N–H and O–H groups in total. The minimum atomic E-state index is -1.32. The van der Waals surface area contributed by atoms with Crippen molar-refractivity contribution in [1.29, 1.82) is 0 Å². The molecule has 0 unspecified atom stereocenters. The lowest BCUT2D eigenvalue weighted by Crippen LogP contribution is -2.18. The van der Waals surface area contributed by atoms with Crippen LogP contribution in [0.5, 0.6) is 0 Å². The SMILES string of the molecule is O=C(Nc1ncco1)c1cc(NC(=O)[C@H]2[C@H](c3cc(Cl)cc(Cl)c3)C2(Cl)Cl)ccc1Cl. The van der Waals surface area contributed by atoms with Crippen LogP contribution in [0, 0.1) is 5.92 Å². The quantitative estimate of drug-likeness (QED) is 0.382. The predicted molar refractivity (Wildman–Crippen MR) is 122 cm³/mol. The Labute approximate surface area is 201 Å². The van der Waals surface area contributed by atoms with Gasteiger partial charge in [-0.2, -0.15) is 0 Å². The Balaban J connectivity index is 1.51. The van der Waals surface area contributed by atoms with Crippen LogP contribution in [0.2, 0.25) is 15.1 Å². The summed E-state index contributed by atoms with van der Waals surface area (Å²) in [6, 6.07) is 9.39. The first-order valence-corrected chi connectivity index (χ1v) is 10.7. The van der Waals surface area contributed by atoms with Gasteiger partial charge in [0.05, 0.1) is 22.7 Å². The summed E-state index contributed by atoms with van der Waals surface area (Å²) in [5.41, 5.74) is 1.12. The van der Waals surface area contributed by atoms with Gasteiger partial charge in [0.1, 0.15) is 10.6 Å². The largest absolute Gasteiger partial charge is 0.432 e. The minimum absolute atomic E-state index is 0.0190. The van der Waals surface area contributed by atoms with E-state index in [0.717, 1.165) is 0 Å². The van der Waals surface area contributed by atoms with E-state index in [-0.39, 0.29) is 16.6 Å². The number of halogens is 5. The molecule has 1 heterocycles. The van der Waals surface area contributed by atoms with E-state index >= 15 is 0 Å². The van der Waals surface area contributed by atoms with Crippen molar-refractivity contribution in [2.24, 2.45) is 5.92 Å². The number of carbonyl (C=O) groups is 2. The Morgan fingerprint density at radius 1 is 1.00 bits per heavy atom. The summed E-state index contributed by atoms with van der Waals surface area (Å²) in [6.07, 6.45) is 2.70. The number of benzene rings is 2. The molecule has 3 aromatic rings. The Morgan fingerprint density at radius 2 is 1.71 bits per heavy atom. The molecule has 0 aliphatic heterocycles. The van der Waals surface area contributed by atoms with Gasteiger partial charge in [0, 0.05) is 21.7 Å². The number of hydrogen-bond acceptors (Lipinski definition) is 4. The van der Waals surface area contributed by atoms with Gasteiger partial charge in [-0.15, -0.1) is 23.2 Å². The highest BCUT2D eigenvalue weighted by Gasteiger charge is 2.67. The summed E-state index contributed by atoms with van der Waals surface area (Å²) in [7, 11) is 0. The molecule has 1 saturated carbocycles. The van der Waals surface area contributed by atoms with Crippen LogP contribution < -0.4 is 10.6 Å². The Hall–Kier alpha value is -1.96. The van der Waals surface area contributed by atoms with Crippen molar-refractivity contribution in [1.82, 2.24) is 4.98 Å². The average Bonchev–Trinajstić information content (AvgIpc) is 2.99. The van der Waals surface area contributed by atoms with Gasteiger partial charge in [-0.25, -0.2) is 4.98 Å². The van der Waals surface area contributed by atoms with Gasteiger partial charge in [-0.1, -0.05) is 34.8 Å². The summed E-state index contributed by atoms with van der Waals surface area (Å²) in [4.78, 5) is 29.1. The van der Waals surface area contributed by atoms with Crippen LogP contribution in [0.1, 0.15) is 21.8 Å². The summed E-state index contributed by atoms with van der Waals surface area (Å²) < 4.78 is 3.67. The number of anilines is 2. The lowest BCUT2D eigenvalue weighted by Gasteiger charge is -2.09. The van der Waals surface area contributed by atoms with Crippen molar-refractivity contribution >= 4 is 81.5 Å². The number of nitrogens with zero attached hydrogens (tertiary/aromatic N) is 1. The normalized spacial score (nSPS) is 19.0. The first-order chi connectivity index (χ1) is 14.7. The Morgan fingerprint density at radius 3 is 2.35 bits per heavy atom.